The van der Waals surface area contributed by atoms with Crippen molar-refractivity contribution in [3.63, 3.8) is 0 Å². The number of likely N-dealkylation sites (N-methyl/N-ethyl adjacent to an activating group) is 1. The number of hydrogen-bond acceptors (Lipinski definition) is 5. The lowest BCUT2D eigenvalue weighted by Crippen LogP contribution is -2.27. The zero-order valence-corrected chi connectivity index (χ0v) is 11.8. The Hall–Kier alpha value is -2.15. The molecule has 1 heterocycles. The molecule has 2 amide bonds. The van der Waals surface area contributed by atoms with Gasteiger partial charge in [-0.05, 0) is 37.2 Å². The average molecular weight is 292 g/mol. The number of benzene rings is 1. The lowest BCUT2D eigenvalue weighted by Gasteiger charge is -2.07. The van der Waals surface area contributed by atoms with E-state index in [0.29, 0.717) is 17.7 Å². The second kappa shape index (κ2) is 5.46. The Bertz CT molecular complexity index is 639. The predicted molar refractivity (Wildman–Crippen MR) is 76.2 cm³/mol. The van der Waals surface area contributed by atoms with Crippen LogP contribution in [0.3, 0.4) is 0 Å². The molecule has 0 radical (unpaired) electrons. The molecule has 2 rings (SSSR count). The van der Waals surface area contributed by atoms with Gasteiger partial charge < -0.3 is 0 Å². The normalized spacial score (nSPS) is 17.1. The molecule has 0 saturated carbocycles. The standard InChI is InChI=1S/C13H12N2O4S/c1-3-14-12(16)11(20-13(14)17)7-9-5-4-8(2)10(6-9)15(18)19/h4-7H,3H2,1-2H3. The van der Waals surface area contributed by atoms with Gasteiger partial charge in [-0.3, -0.25) is 24.6 Å². The van der Waals surface area contributed by atoms with E-state index in [1.807, 2.05) is 0 Å². The molecule has 6 nitrogen and oxygen atoms in total. The third kappa shape index (κ3) is 2.57. The van der Waals surface area contributed by atoms with Gasteiger partial charge >= 0.3 is 0 Å². The van der Waals surface area contributed by atoms with Crippen molar-refractivity contribution in [1.29, 1.82) is 0 Å². The average Bonchev–Trinajstić information content (AvgIpc) is 2.66. The fourth-order valence-electron chi connectivity index (χ4n) is 1.84. The SMILES string of the molecule is CCN1C(=O)SC(=Cc2ccc(C)c([N+](=O)[O-])c2)C1=O. The molecular formula is C13H12N2O4S. The molecule has 1 aromatic carbocycles. The van der Waals surface area contributed by atoms with Crippen molar-refractivity contribution in [2.24, 2.45) is 0 Å². The first-order valence-electron chi connectivity index (χ1n) is 5.94. The highest BCUT2D eigenvalue weighted by atomic mass is 32.2. The fraction of sp³-hybridized carbons (Fsp3) is 0.231. The summed E-state index contributed by atoms with van der Waals surface area (Å²) in [6.07, 6.45) is 1.51. The molecule has 1 aromatic rings. The topological polar surface area (TPSA) is 80.5 Å². The molecule has 1 saturated heterocycles. The number of carbonyl (C=O) groups is 2. The highest BCUT2D eigenvalue weighted by Crippen LogP contribution is 2.32. The smallest absolute Gasteiger partial charge is 0.269 e. The summed E-state index contributed by atoms with van der Waals surface area (Å²) >= 11 is 0.848. The van der Waals surface area contributed by atoms with Crippen LogP contribution >= 0.6 is 11.8 Å². The van der Waals surface area contributed by atoms with Crippen LogP contribution in [0, 0.1) is 17.0 Å². The molecule has 1 fully saturated rings. The predicted octanol–water partition coefficient (Wildman–Crippen LogP) is 2.96. The number of thioether (sulfide) groups is 1. The van der Waals surface area contributed by atoms with Gasteiger partial charge in [-0.2, -0.15) is 0 Å². The van der Waals surface area contributed by atoms with Gasteiger partial charge in [0.15, 0.2) is 0 Å². The second-order valence-corrected chi connectivity index (χ2v) is 5.22. The summed E-state index contributed by atoms with van der Waals surface area (Å²) < 4.78 is 0. The molecule has 7 heteroatoms. The van der Waals surface area contributed by atoms with Crippen LogP contribution in [-0.4, -0.2) is 27.5 Å². The van der Waals surface area contributed by atoms with E-state index in [1.54, 1.807) is 26.0 Å². The Morgan fingerprint density at radius 1 is 1.40 bits per heavy atom. The van der Waals surface area contributed by atoms with Crippen molar-refractivity contribution in [1.82, 2.24) is 4.90 Å². The fourth-order valence-corrected chi connectivity index (χ4v) is 2.74. The van der Waals surface area contributed by atoms with E-state index in [2.05, 4.69) is 0 Å². The first kappa shape index (κ1) is 14.3. The number of hydrogen-bond donors (Lipinski definition) is 0. The van der Waals surface area contributed by atoms with Crippen LogP contribution in [0.4, 0.5) is 10.5 Å². The number of imide groups is 1. The second-order valence-electron chi connectivity index (χ2n) is 4.23. The van der Waals surface area contributed by atoms with Crippen molar-refractivity contribution in [2.45, 2.75) is 13.8 Å². The molecule has 0 aliphatic carbocycles. The van der Waals surface area contributed by atoms with Crippen LogP contribution in [0.1, 0.15) is 18.1 Å². The first-order chi connectivity index (χ1) is 9.43. The Kier molecular flexibility index (Phi) is 3.89. The number of aryl methyl sites for hydroxylation is 1. The largest absolute Gasteiger partial charge is 0.293 e. The minimum atomic E-state index is -0.468. The highest BCUT2D eigenvalue weighted by Gasteiger charge is 2.33. The van der Waals surface area contributed by atoms with Crippen LogP contribution in [0.25, 0.3) is 6.08 Å². The van der Waals surface area contributed by atoms with Gasteiger partial charge in [-0.25, -0.2) is 0 Å². The van der Waals surface area contributed by atoms with Gasteiger partial charge in [0.1, 0.15) is 0 Å². The van der Waals surface area contributed by atoms with Crippen LogP contribution in [0.2, 0.25) is 0 Å². The van der Waals surface area contributed by atoms with Crippen LogP contribution in [-0.2, 0) is 4.79 Å². The summed E-state index contributed by atoms with van der Waals surface area (Å²) in [5, 5.41) is 10.6. The summed E-state index contributed by atoms with van der Waals surface area (Å²) in [5.41, 5.74) is 1.08. The van der Waals surface area contributed by atoms with Gasteiger partial charge in [-0.15, -0.1) is 0 Å². The Balaban J connectivity index is 2.37. The maximum atomic E-state index is 11.9. The Labute approximate surface area is 119 Å². The lowest BCUT2D eigenvalue weighted by atomic mass is 10.1. The van der Waals surface area contributed by atoms with Crippen molar-refractivity contribution in [3.8, 4) is 0 Å². The Morgan fingerprint density at radius 2 is 2.10 bits per heavy atom. The van der Waals surface area contributed by atoms with E-state index in [0.717, 1.165) is 16.7 Å². The number of amides is 2. The van der Waals surface area contributed by atoms with Gasteiger partial charge in [-0.1, -0.05) is 12.1 Å². The maximum Gasteiger partial charge on any atom is 0.293 e. The molecule has 20 heavy (non-hydrogen) atoms. The number of nitro benzene ring substituents is 1. The van der Waals surface area contributed by atoms with E-state index in [9.17, 15) is 19.7 Å². The summed E-state index contributed by atoms with van der Waals surface area (Å²) in [7, 11) is 0. The number of nitrogens with zero attached hydrogens (tertiary/aromatic N) is 2. The van der Waals surface area contributed by atoms with Crippen molar-refractivity contribution >= 4 is 34.7 Å². The maximum absolute atomic E-state index is 11.9. The van der Waals surface area contributed by atoms with Gasteiger partial charge in [0, 0.05) is 18.2 Å². The minimum absolute atomic E-state index is 0.00605. The van der Waals surface area contributed by atoms with E-state index in [1.165, 1.54) is 12.1 Å². The van der Waals surface area contributed by atoms with E-state index in [4.69, 9.17) is 0 Å². The van der Waals surface area contributed by atoms with Gasteiger partial charge in [0.25, 0.3) is 16.8 Å². The third-order valence-corrected chi connectivity index (χ3v) is 3.82. The highest BCUT2D eigenvalue weighted by molar-refractivity contribution is 8.18. The van der Waals surface area contributed by atoms with E-state index < -0.39 is 4.92 Å². The Morgan fingerprint density at radius 3 is 2.65 bits per heavy atom. The van der Waals surface area contributed by atoms with E-state index in [-0.39, 0.29) is 21.7 Å². The van der Waals surface area contributed by atoms with Crippen molar-refractivity contribution in [2.75, 3.05) is 6.54 Å². The molecule has 1 aliphatic heterocycles. The zero-order valence-electron chi connectivity index (χ0n) is 11.0. The van der Waals surface area contributed by atoms with Gasteiger partial charge in [0.05, 0.1) is 9.83 Å². The first-order valence-corrected chi connectivity index (χ1v) is 6.76. The number of rotatable bonds is 3. The molecule has 0 unspecified atom stereocenters. The number of carbonyl (C=O) groups excluding carboxylic acids is 2. The monoisotopic (exact) mass is 292 g/mol. The molecular weight excluding hydrogens is 280 g/mol. The van der Waals surface area contributed by atoms with Crippen LogP contribution in [0.15, 0.2) is 23.1 Å². The summed E-state index contributed by atoms with van der Waals surface area (Å²) in [5.74, 6) is -0.356. The molecule has 0 aromatic heterocycles. The van der Waals surface area contributed by atoms with Gasteiger partial charge in [0.2, 0.25) is 0 Å². The minimum Gasteiger partial charge on any atom is -0.269 e. The molecule has 104 valence electrons. The van der Waals surface area contributed by atoms with E-state index >= 15 is 0 Å². The summed E-state index contributed by atoms with van der Waals surface area (Å²) in [6.45, 7) is 3.68. The van der Waals surface area contributed by atoms with Crippen LogP contribution in [0.5, 0.6) is 0 Å². The molecule has 1 aliphatic rings. The van der Waals surface area contributed by atoms with Crippen LogP contribution < -0.4 is 0 Å². The van der Waals surface area contributed by atoms with Crippen molar-refractivity contribution < 1.29 is 14.5 Å². The molecule has 0 bridgehead atoms. The lowest BCUT2D eigenvalue weighted by molar-refractivity contribution is -0.385. The third-order valence-electron chi connectivity index (χ3n) is 2.92. The molecule has 0 atom stereocenters. The van der Waals surface area contributed by atoms with Crippen molar-refractivity contribution in [3.05, 3.63) is 44.3 Å². The molecule has 0 N–H and O–H groups in total. The summed E-state index contributed by atoms with van der Waals surface area (Å²) in [6, 6.07) is 4.70. The molecule has 0 spiro atoms. The zero-order chi connectivity index (χ0) is 14.9. The number of nitro groups is 1. The summed E-state index contributed by atoms with van der Waals surface area (Å²) in [4.78, 5) is 35.3. The quantitative estimate of drug-likeness (QED) is 0.486.